The highest BCUT2D eigenvalue weighted by Gasteiger charge is 2.10. The quantitative estimate of drug-likeness (QED) is 0.713. The van der Waals surface area contributed by atoms with E-state index in [0.717, 1.165) is 5.39 Å². The van der Waals surface area contributed by atoms with Crippen molar-refractivity contribution in [3.63, 3.8) is 0 Å². The van der Waals surface area contributed by atoms with E-state index in [2.05, 4.69) is 0 Å². The first kappa shape index (κ1) is 8.31. The number of methoxy groups -OCH3 is 1. The largest absolute Gasteiger partial charge is 0.494 e. The molecule has 0 atom stereocenters. The van der Waals surface area contributed by atoms with Crippen LogP contribution >= 0.6 is 11.3 Å². The first-order valence-corrected chi connectivity index (χ1v) is 4.61. The van der Waals surface area contributed by atoms with Gasteiger partial charge in [-0.25, -0.2) is 4.39 Å². The van der Waals surface area contributed by atoms with Crippen molar-refractivity contribution in [1.29, 1.82) is 0 Å². The van der Waals surface area contributed by atoms with Gasteiger partial charge in [0.25, 0.3) is 0 Å². The first-order chi connectivity index (χ1) is 6.24. The van der Waals surface area contributed by atoms with Gasteiger partial charge in [0, 0.05) is 11.5 Å². The van der Waals surface area contributed by atoms with Gasteiger partial charge in [0.15, 0.2) is 0 Å². The van der Waals surface area contributed by atoms with Gasteiger partial charge >= 0.3 is 0 Å². The van der Waals surface area contributed by atoms with E-state index in [1.807, 2.05) is 5.38 Å². The molecule has 0 fully saturated rings. The summed E-state index contributed by atoms with van der Waals surface area (Å²) in [7, 11) is 1.48. The fourth-order valence-corrected chi connectivity index (χ4v) is 2.08. The standard InChI is InChI=1S/C9H8FNOS/c1-12-7-4-6(10)9-5(8(7)11)2-3-13-9/h2-4H,11H2,1H3. The van der Waals surface area contributed by atoms with Crippen LogP contribution in [0.1, 0.15) is 0 Å². The predicted molar refractivity (Wildman–Crippen MR) is 52.7 cm³/mol. The Bertz CT molecular complexity index is 452. The van der Waals surface area contributed by atoms with Crippen LogP contribution in [0.3, 0.4) is 0 Å². The summed E-state index contributed by atoms with van der Waals surface area (Å²) < 4.78 is 18.8. The second kappa shape index (κ2) is 2.88. The van der Waals surface area contributed by atoms with Crippen molar-refractivity contribution < 1.29 is 9.13 Å². The lowest BCUT2D eigenvalue weighted by molar-refractivity contribution is 0.414. The Hall–Kier alpha value is -1.29. The summed E-state index contributed by atoms with van der Waals surface area (Å²) in [4.78, 5) is 0. The number of hydrogen-bond acceptors (Lipinski definition) is 3. The summed E-state index contributed by atoms with van der Waals surface area (Å²) in [5, 5.41) is 2.53. The summed E-state index contributed by atoms with van der Waals surface area (Å²) in [5.74, 6) is 0.111. The number of benzene rings is 1. The van der Waals surface area contributed by atoms with Crippen molar-refractivity contribution in [3.8, 4) is 5.75 Å². The summed E-state index contributed by atoms with van der Waals surface area (Å²) in [6.45, 7) is 0. The third-order valence-electron chi connectivity index (χ3n) is 1.92. The molecule has 2 nitrogen and oxygen atoms in total. The summed E-state index contributed by atoms with van der Waals surface area (Å²) in [6, 6.07) is 3.11. The Morgan fingerprint density at radius 3 is 3.00 bits per heavy atom. The van der Waals surface area contributed by atoms with Gasteiger partial charge in [-0.1, -0.05) is 0 Å². The molecule has 0 saturated heterocycles. The minimum Gasteiger partial charge on any atom is -0.494 e. The molecule has 2 rings (SSSR count). The lowest BCUT2D eigenvalue weighted by Crippen LogP contribution is -1.93. The molecule has 2 aromatic rings. The van der Waals surface area contributed by atoms with Crippen LogP contribution in [0.5, 0.6) is 5.75 Å². The van der Waals surface area contributed by atoms with Crippen molar-refractivity contribution in [3.05, 3.63) is 23.3 Å². The molecule has 0 spiro atoms. The van der Waals surface area contributed by atoms with Crippen LogP contribution in [-0.2, 0) is 0 Å². The number of ether oxygens (including phenoxy) is 1. The second-order valence-electron chi connectivity index (χ2n) is 2.64. The van der Waals surface area contributed by atoms with E-state index in [4.69, 9.17) is 10.5 Å². The van der Waals surface area contributed by atoms with Crippen LogP contribution < -0.4 is 10.5 Å². The fourth-order valence-electron chi connectivity index (χ4n) is 1.27. The number of hydrogen-bond donors (Lipinski definition) is 1. The predicted octanol–water partition coefficient (Wildman–Crippen LogP) is 2.63. The lowest BCUT2D eigenvalue weighted by atomic mass is 10.2. The van der Waals surface area contributed by atoms with E-state index in [-0.39, 0.29) is 5.82 Å². The highest BCUT2D eigenvalue weighted by Crippen LogP contribution is 2.35. The average molecular weight is 197 g/mol. The number of nitrogen functional groups attached to an aromatic ring is 1. The molecule has 0 amide bonds. The van der Waals surface area contributed by atoms with E-state index >= 15 is 0 Å². The lowest BCUT2D eigenvalue weighted by Gasteiger charge is -2.05. The summed E-state index contributed by atoms with van der Waals surface area (Å²) in [5.41, 5.74) is 6.26. The van der Waals surface area contributed by atoms with Crippen LogP contribution in [-0.4, -0.2) is 7.11 Å². The highest BCUT2D eigenvalue weighted by molar-refractivity contribution is 7.17. The molecule has 68 valence electrons. The topological polar surface area (TPSA) is 35.2 Å². The zero-order chi connectivity index (χ0) is 9.42. The number of nitrogens with two attached hydrogens (primary N) is 1. The van der Waals surface area contributed by atoms with Crippen molar-refractivity contribution in [1.82, 2.24) is 0 Å². The van der Waals surface area contributed by atoms with Gasteiger partial charge in [0.2, 0.25) is 0 Å². The molecular weight excluding hydrogens is 189 g/mol. The maximum absolute atomic E-state index is 13.3. The van der Waals surface area contributed by atoms with E-state index in [9.17, 15) is 4.39 Å². The third kappa shape index (κ3) is 1.14. The first-order valence-electron chi connectivity index (χ1n) is 3.73. The molecule has 0 bridgehead atoms. The van der Waals surface area contributed by atoms with Crippen molar-refractivity contribution >= 4 is 27.1 Å². The SMILES string of the molecule is COc1cc(F)c2sccc2c1N. The normalized spacial score (nSPS) is 10.6. The van der Waals surface area contributed by atoms with Crippen molar-refractivity contribution in [2.45, 2.75) is 0 Å². The van der Waals surface area contributed by atoms with Gasteiger partial charge in [-0.15, -0.1) is 11.3 Å². The number of halogens is 1. The molecule has 0 saturated carbocycles. The van der Waals surface area contributed by atoms with Crippen LogP contribution in [0.25, 0.3) is 10.1 Å². The minimum atomic E-state index is -0.281. The fraction of sp³-hybridized carbons (Fsp3) is 0.111. The maximum Gasteiger partial charge on any atom is 0.145 e. The van der Waals surface area contributed by atoms with E-state index in [0.29, 0.717) is 16.1 Å². The molecule has 1 heterocycles. The Morgan fingerprint density at radius 1 is 1.54 bits per heavy atom. The van der Waals surface area contributed by atoms with Crippen molar-refractivity contribution in [2.24, 2.45) is 0 Å². The Morgan fingerprint density at radius 2 is 2.31 bits per heavy atom. The number of anilines is 1. The summed E-state index contributed by atoms with van der Waals surface area (Å²) >= 11 is 1.34. The number of fused-ring (bicyclic) bond motifs is 1. The molecule has 4 heteroatoms. The van der Waals surface area contributed by atoms with Crippen molar-refractivity contribution in [2.75, 3.05) is 12.8 Å². The molecule has 1 aromatic heterocycles. The van der Waals surface area contributed by atoms with Gasteiger partial charge in [0.1, 0.15) is 11.6 Å². The second-order valence-corrected chi connectivity index (χ2v) is 3.55. The molecule has 13 heavy (non-hydrogen) atoms. The maximum atomic E-state index is 13.3. The van der Waals surface area contributed by atoms with E-state index in [1.165, 1.54) is 24.5 Å². The van der Waals surface area contributed by atoms with E-state index < -0.39 is 0 Å². The Kier molecular flexibility index (Phi) is 1.84. The molecule has 0 aliphatic heterocycles. The zero-order valence-corrected chi connectivity index (χ0v) is 7.82. The molecular formula is C9H8FNOS. The monoisotopic (exact) mass is 197 g/mol. The Balaban J connectivity index is 2.85. The molecule has 0 radical (unpaired) electrons. The van der Waals surface area contributed by atoms with E-state index in [1.54, 1.807) is 6.07 Å². The smallest absolute Gasteiger partial charge is 0.145 e. The molecule has 0 aliphatic carbocycles. The molecule has 2 N–H and O–H groups in total. The zero-order valence-electron chi connectivity index (χ0n) is 7.00. The minimum absolute atomic E-state index is 0.281. The molecule has 1 aromatic carbocycles. The number of rotatable bonds is 1. The highest BCUT2D eigenvalue weighted by atomic mass is 32.1. The molecule has 0 aliphatic rings. The molecule has 0 unspecified atom stereocenters. The Labute approximate surface area is 78.7 Å². The average Bonchev–Trinajstić information content (AvgIpc) is 2.60. The summed E-state index contributed by atoms with van der Waals surface area (Å²) in [6.07, 6.45) is 0. The van der Waals surface area contributed by atoms with Gasteiger partial charge in [0.05, 0.1) is 17.5 Å². The third-order valence-corrected chi connectivity index (χ3v) is 2.84. The van der Waals surface area contributed by atoms with Gasteiger partial charge in [-0.3, -0.25) is 0 Å². The van der Waals surface area contributed by atoms with Gasteiger partial charge < -0.3 is 10.5 Å². The van der Waals surface area contributed by atoms with Crippen LogP contribution in [0.2, 0.25) is 0 Å². The van der Waals surface area contributed by atoms with Crippen LogP contribution in [0, 0.1) is 5.82 Å². The van der Waals surface area contributed by atoms with Crippen LogP contribution in [0.4, 0.5) is 10.1 Å². The van der Waals surface area contributed by atoms with Crippen LogP contribution in [0.15, 0.2) is 17.5 Å². The van der Waals surface area contributed by atoms with Gasteiger partial charge in [-0.05, 0) is 11.4 Å². The number of thiophene rings is 1. The van der Waals surface area contributed by atoms with Gasteiger partial charge in [-0.2, -0.15) is 0 Å².